The third-order valence-electron chi connectivity index (χ3n) is 5.37. The first kappa shape index (κ1) is 17.3. The molecule has 2 fully saturated rings. The van der Waals surface area contributed by atoms with Gasteiger partial charge in [-0.25, -0.2) is 0 Å². The van der Waals surface area contributed by atoms with Crippen molar-refractivity contribution >= 4 is 11.8 Å². The second-order valence-corrected chi connectivity index (χ2v) is 7.18. The van der Waals surface area contributed by atoms with Crippen LogP contribution in [0.4, 0.5) is 0 Å². The number of nitrogens with one attached hydrogen (secondary N) is 1. The molecule has 2 aliphatic rings. The Morgan fingerprint density at radius 1 is 1.09 bits per heavy atom. The van der Waals surface area contributed by atoms with Crippen molar-refractivity contribution in [1.29, 1.82) is 0 Å². The molecule has 126 valence electrons. The maximum absolute atomic E-state index is 12.5. The van der Waals surface area contributed by atoms with Gasteiger partial charge in [0.05, 0.1) is 0 Å². The van der Waals surface area contributed by atoms with E-state index in [0.717, 1.165) is 45.2 Å². The minimum absolute atomic E-state index is 0.173. The lowest BCUT2D eigenvalue weighted by Crippen LogP contribution is -2.43. The van der Waals surface area contributed by atoms with E-state index < -0.39 is 0 Å². The first-order chi connectivity index (χ1) is 10.6. The summed E-state index contributed by atoms with van der Waals surface area (Å²) in [5, 5.41) is 3.04. The first-order valence-electron chi connectivity index (χ1n) is 9.18. The fraction of sp³-hybridized carbons (Fsp3) is 0.889. The van der Waals surface area contributed by atoms with Crippen LogP contribution in [0, 0.1) is 11.8 Å². The minimum atomic E-state index is 0.173. The van der Waals surface area contributed by atoms with Gasteiger partial charge in [0, 0.05) is 31.5 Å². The van der Waals surface area contributed by atoms with Crippen molar-refractivity contribution in [3.8, 4) is 0 Å². The van der Waals surface area contributed by atoms with Crippen LogP contribution in [0.3, 0.4) is 0 Å². The predicted octanol–water partition coefficient (Wildman–Crippen LogP) is 3.11. The quantitative estimate of drug-likeness (QED) is 0.848. The monoisotopic (exact) mass is 308 g/mol. The molecule has 1 aliphatic carbocycles. The molecule has 22 heavy (non-hydrogen) atoms. The molecule has 1 saturated carbocycles. The predicted molar refractivity (Wildman–Crippen MR) is 88.4 cm³/mol. The molecule has 1 unspecified atom stereocenters. The molecule has 4 nitrogen and oxygen atoms in total. The van der Waals surface area contributed by atoms with E-state index in [1.54, 1.807) is 0 Å². The Morgan fingerprint density at radius 3 is 2.32 bits per heavy atom. The smallest absolute Gasteiger partial charge is 0.225 e. The zero-order valence-electron chi connectivity index (χ0n) is 14.3. The maximum atomic E-state index is 12.5. The van der Waals surface area contributed by atoms with Gasteiger partial charge in [-0.2, -0.15) is 0 Å². The summed E-state index contributed by atoms with van der Waals surface area (Å²) in [6.45, 7) is 5.82. The van der Waals surface area contributed by atoms with Crippen LogP contribution in [0.15, 0.2) is 0 Å². The van der Waals surface area contributed by atoms with Gasteiger partial charge in [-0.3, -0.25) is 9.59 Å². The summed E-state index contributed by atoms with van der Waals surface area (Å²) in [4.78, 5) is 26.5. The number of hydrogen-bond acceptors (Lipinski definition) is 2. The van der Waals surface area contributed by atoms with Crippen molar-refractivity contribution in [3.63, 3.8) is 0 Å². The number of piperidine rings is 1. The summed E-state index contributed by atoms with van der Waals surface area (Å²) in [5.41, 5.74) is 0. The van der Waals surface area contributed by atoms with E-state index in [-0.39, 0.29) is 17.9 Å². The van der Waals surface area contributed by atoms with E-state index in [9.17, 15) is 9.59 Å². The summed E-state index contributed by atoms with van der Waals surface area (Å²) in [7, 11) is 0. The number of carbonyl (C=O) groups excluding carboxylic acids is 2. The van der Waals surface area contributed by atoms with Crippen LogP contribution < -0.4 is 5.32 Å². The van der Waals surface area contributed by atoms with Crippen molar-refractivity contribution in [1.82, 2.24) is 10.2 Å². The van der Waals surface area contributed by atoms with Crippen molar-refractivity contribution in [2.24, 2.45) is 11.8 Å². The summed E-state index contributed by atoms with van der Waals surface area (Å²) < 4.78 is 0. The van der Waals surface area contributed by atoms with E-state index in [2.05, 4.69) is 17.1 Å². The van der Waals surface area contributed by atoms with E-state index in [1.807, 2.05) is 6.92 Å². The topological polar surface area (TPSA) is 49.4 Å². The Hall–Kier alpha value is -1.06. The fourth-order valence-corrected chi connectivity index (χ4v) is 3.66. The van der Waals surface area contributed by atoms with Crippen molar-refractivity contribution < 1.29 is 9.59 Å². The van der Waals surface area contributed by atoms with Gasteiger partial charge in [-0.15, -0.1) is 0 Å². The summed E-state index contributed by atoms with van der Waals surface area (Å²) in [6.07, 6.45) is 9.42. The Morgan fingerprint density at radius 2 is 1.73 bits per heavy atom. The normalized spacial score (nSPS) is 22.4. The molecule has 1 heterocycles. The first-order valence-corrected chi connectivity index (χ1v) is 9.18. The minimum Gasteiger partial charge on any atom is -0.354 e. The molecular formula is C18H32N2O2. The van der Waals surface area contributed by atoms with Crippen LogP contribution >= 0.6 is 0 Å². The lowest BCUT2D eigenvalue weighted by Gasteiger charge is -2.35. The third kappa shape index (κ3) is 4.99. The molecule has 2 rings (SSSR count). The van der Waals surface area contributed by atoms with Crippen LogP contribution in [0.1, 0.15) is 71.6 Å². The maximum Gasteiger partial charge on any atom is 0.225 e. The standard InChI is InChI=1S/C18H32N2O2/c1-3-14(2)19-17(21)13-15-9-11-20(12-10-15)18(22)16-7-5-4-6-8-16/h14-16H,3-13H2,1-2H3,(H,19,21). The number of likely N-dealkylation sites (tertiary alicyclic amines) is 1. The molecule has 0 spiro atoms. The molecule has 1 atom stereocenters. The third-order valence-corrected chi connectivity index (χ3v) is 5.37. The summed E-state index contributed by atoms with van der Waals surface area (Å²) in [6, 6.07) is 0.264. The lowest BCUT2D eigenvalue weighted by molar-refractivity contribution is -0.138. The molecule has 4 heteroatoms. The van der Waals surface area contributed by atoms with Gasteiger partial charge in [-0.05, 0) is 44.9 Å². The largest absolute Gasteiger partial charge is 0.354 e. The highest BCUT2D eigenvalue weighted by Crippen LogP contribution is 2.28. The van der Waals surface area contributed by atoms with E-state index in [0.29, 0.717) is 18.2 Å². The number of amides is 2. The lowest BCUT2D eigenvalue weighted by atomic mass is 9.86. The second kappa shape index (κ2) is 8.54. The van der Waals surface area contributed by atoms with Gasteiger partial charge < -0.3 is 10.2 Å². The SMILES string of the molecule is CCC(C)NC(=O)CC1CCN(C(=O)C2CCCCC2)CC1. The van der Waals surface area contributed by atoms with E-state index in [1.165, 1.54) is 19.3 Å². The van der Waals surface area contributed by atoms with E-state index in [4.69, 9.17) is 0 Å². The molecule has 0 aromatic carbocycles. The van der Waals surface area contributed by atoms with Gasteiger partial charge in [0.15, 0.2) is 0 Å². The van der Waals surface area contributed by atoms with E-state index >= 15 is 0 Å². The Bertz CT molecular complexity index is 369. The van der Waals surface area contributed by atoms with Crippen LogP contribution in [-0.2, 0) is 9.59 Å². The Kier molecular flexibility index (Phi) is 6.71. The highest BCUT2D eigenvalue weighted by molar-refractivity contribution is 5.79. The van der Waals surface area contributed by atoms with Crippen molar-refractivity contribution in [2.75, 3.05) is 13.1 Å². The van der Waals surface area contributed by atoms with Crippen molar-refractivity contribution in [2.45, 2.75) is 77.7 Å². The number of rotatable bonds is 5. The van der Waals surface area contributed by atoms with Gasteiger partial charge in [0.1, 0.15) is 0 Å². The molecule has 0 radical (unpaired) electrons. The zero-order chi connectivity index (χ0) is 15.9. The molecule has 1 aliphatic heterocycles. The van der Waals surface area contributed by atoms with Crippen LogP contribution in [-0.4, -0.2) is 35.8 Å². The number of hydrogen-bond donors (Lipinski definition) is 1. The molecule has 0 bridgehead atoms. The molecule has 0 aromatic heterocycles. The molecule has 0 aromatic rings. The van der Waals surface area contributed by atoms with Crippen LogP contribution in [0.2, 0.25) is 0 Å². The fourth-order valence-electron chi connectivity index (χ4n) is 3.66. The zero-order valence-corrected chi connectivity index (χ0v) is 14.3. The average molecular weight is 308 g/mol. The number of carbonyl (C=O) groups is 2. The van der Waals surface area contributed by atoms with Gasteiger partial charge in [0.25, 0.3) is 0 Å². The highest BCUT2D eigenvalue weighted by atomic mass is 16.2. The Balaban J connectivity index is 1.71. The second-order valence-electron chi connectivity index (χ2n) is 7.18. The van der Waals surface area contributed by atoms with Crippen LogP contribution in [0.5, 0.6) is 0 Å². The van der Waals surface area contributed by atoms with Gasteiger partial charge >= 0.3 is 0 Å². The molecule has 1 saturated heterocycles. The molecule has 2 amide bonds. The van der Waals surface area contributed by atoms with Crippen molar-refractivity contribution in [3.05, 3.63) is 0 Å². The highest BCUT2D eigenvalue weighted by Gasteiger charge is 2.29. The molecular weight excluding hydrogens is 276 g/mol. The number of nitrogens with zero attached hydrogens (tertiary/aromatic N) is 1. The average Bonchev–Trinajstić information content (AvgIpc) is 2.55. The summed E-state index contributed by atoms with van der Waals surface area (Å²) in [5.74, 6) is 1.27. The summed E-state index contributed by atoms with van der Waals surface area (Å²) >= 11 is 0. The Labute approximate surface area is 135 Å². The van der Waals surface area contributed by atoms with Crippen LogP contribution in [0.25, 0.3) is 0 Å². The molecule has 1 N–H and O–H groups in total. The van der Waals surface area contributed by atoms with Gasteiger partial charge in [-0.1, -0.05) is 26.2 Å². The van der Waals surface area contributed by atoms with Gasteiger partial charge in [0.2, 0.25) is 11.8 Å².